The predicted octanol–water partition coefficient (Wildman–Crippen LogP) is 2.60. The molecule has 0 heterocycles. The van der Waals surface area contributed by atoms with Crippen LogP contribution in [0, 0.1) is 0 Å². The molecule has 0 unspecified atom stereocenters. The Morgan fingerprint density at radius 3 is 2.61 bits per heavy atom. The Balaban J connectivity index is 2.51. The number of thioether (sulfide) groups is 1. The standard InChI is InChI=1S/C13H19ClN2OS/c1-9(10-3-5-11(14)6-4-10)16-13(17)12(15)7-8-18-2/h3-6,9,12H,7-8,15H2,1-2H3,(H,16,17)/t9-,12-/m1/s1. The Morgan fingerprint density at radius 1 is 1.44 bits per heavy atom. The summed E-state index contributed by atoms with van der Waals surface area (Å²) in [5.41, 5.74) is 6.83. The first-order chi connectivity index (χ1) is 8.54. The van der Waals surface area contributed by atoms with Crippen molar-refractivity contribution in [2.75, 3.05) is 12.0 Å². The summed E-state index contributed by atoms with van der Waals surface area (Å²) in [5.74, 6) is 0.788. The molecule has 3 nitrogen and oxygen atoms in total. The molecule has 1 amide bonds. The molecule has 1 aromatic carbocycles. The summed E-state index contributed by atoms with van der Waals surface area (Å²) in [6.45, 7) is 1.93. The van der Waals surface area contributed by atoms with Crippen LogP contribution in [-0.2, 0) is 4.79 Å². The Morgan fingerprint density at radius 2 is 2.06 bits per heavy atom. The third-order valence-electron chi connectivity index (χ3n) is 2.70. The molecular formula is C13H19ClN2OS. The molecule has 0 saturated carbocycles. The smallest absolute Gasteiger partial charge is 0.237 e. The maximum atomic E-state index is 11.8. The minimum atomic E-state index is -0.438. The number of rotatable bonds is 6. The van der Waals surface area contributed by atoms with Gasteiger partial charge in [0.05, 0.1) is 12.1 Å². The molecule has 0 saturated heterocycles. The molecule has 0 aromatic heterocycles. The van der Waals surface area contributed by atoms with Crippen molar-refractivity contribution in [1.82, 2.24) is 5.32 Å². The molecule has 0 spiro atoms. The van der Waals surface area contributed by atoms with Crippen LogP contribution in [0.1, 0.15) is 24.9 Å². The lowest BCUT2D eigenvalue weighted by atomic mass is 10.1. The average molecular weight is 287 g/mol. The number of hydrogen-bond donors (Lipinski definition) is 2. The van der Waals surface area contributed by atoms with E-state index >= 15 is 0 Å². The summed E-state index contributed by atoms with van der Waals surface area (Å²) in [7, 11) is 0. The molecule has 0 aliphatic carbocycles. The van der Waals surface area contributed by atoms with E-state index in [1.807, 2.05) is 37.4 Å². The molecule has 1 aromatic rings. The Hall–Kier alpha value is -0.710. The van der Waals surface area contributed by atoms with E-state index in [-0.39, 0.29) is 11.9 Å². The van der Waals surface area contributed by atoms with Crippen LogP contribution in [0.25, 0.3) is 0 Å². The van der Waals surface area contributed by atoms with Crippen LogP contribution >= 0.6 is 23.4 Å². The van der Waals surface area contributed by atoms with Gasteiger partial charge in [-0.1, -0.05) is 23.7 Å². The summed E-state index contributed by atoms with van der Waals surface area (Å²) in [6.07, 6.45) is 2.70. The number of amides is 1. The van der Waals surface area contributed by atoms with Crippen LogP contribution in [0.2, 0.25) is 5.02 Å². The molecule has 0 bridgehead atoms. The van der Waals surface area contributed by atoms with Crippen molar-refractivity contribution in [3.63, 3.8) is 0 Å². The highest BCUT2D eigenvalue weighted by atomic mass is 35.5. The summed E-state index contributed by atoms with van der Waals surface area (Å²) in [4.78, 5) is 11.8. The minimum Gasteiger partial charge on any atom is -0.348 e. The van der Waals surface area contributed by atoms with E-state index < -0.39 is 6.04 Å². The van der Waals surface area contributed by atoms with Crippen molar-refractivity contribution in [2.45, 2.75) is 25.4 Å². The maximum absolute atomic E-state index is 11.8. The van der Waals surface area contributed by atoms with Crippen LogP contribution in [0.3, 0.4) is 0 Å². The van der Waals surface area contributed by atoms with E-state index in [0.717, 1.165) is 11.3 Å². The lowest BCUT2D eigenvalue weighted by molar-refractivity contribution is -0.123. The number of benzene rings is 1. The van der Waals surface area contributed by atoms with Gasteiger partial charge >= 0.3 is 0 Å². The summed E-state index contributed by atoms with van der Waals surface area (Å²) in [6, 6.07) is 6.93. The average Bonchev–Trinajstić information content (AvgIpc) is 2.36. The van der Waals surface area contributed by atoms with Gasteiger partial charge in [-0.3, -0.25) is 4.79 Å². The largest absolute Gasteiger partial charge is 0.348 e. The van der Waals surface area contributed by atoms with Crippen molar-refractivity contribution < 1.29 is 4.79 Å². The zero-order valence-corrected chi connectivity index (χ0v) is 12.2. The van der Waals surface area contributed by atoms with Gasteiger partial charge in [0.2, 0.25) is 5.91 Å². The van der Waals surface area contributed by atoms with Gasteiger partial charge in [0.15, 0.2) is 0 Å². The molecule has 2 atom stereocenters. The monoisotopic (exact) mass is 286 g/mol. The van der Waals surface area contributed by atoms with E-state index in [9.17, 15) is 4.79 Å². The third kappa shape index (κ3) is 4.88. The first kappa shape index (κ1) is 15.3. The van der Waals surface area contributed by atoms with Crippen LogP contribution in [-0.4, -0.2) is 24.0 Å². The zero-order chi connectivity index (χ0) is 13.5. The fourth-order valence-corrected chi connectivity index (χ4v) is 2.15. The molecule has 100 valence electrons. The number of halogens is 1. The third-order valence-corrected chi connectivity index (χ3v) is 3.59. The SMILES string of the molecule is CSCC[C@@H](N)C(=O)N[C@H](C)c1ccc(Cl)cc1. The van der Waals surface area contributed by atoms with Crippen molar-refractivity contribution in [3.8, 4) is 0 Å². The van der Waals surface area contributed by atoms with Gasteiger partial charge in [-0.15, -0.1) is 0 Å². The molecule has 0 radical (unpaired) electrons. The van der Waals surface area contributed by atoms with Gasteiger partial charge < -0.3 is 11.1 Å². The lowest BCUT2D eigenvalue weighted by Crippen LogP contribution is -2.41. The minimum absolute atomic E-state index is 0.0601. The second kappa shape index (κ2) is 7.67. The highest BCUT2D eigenvalue weighted by Crippen LogP contribution is 2.16. The lowest BCUT2D eigenvalue weighted by Gasteiger charge is -2.17. The van der Waals surface area contributed by atoms with Crippen molar-refractivity contribution in [3.05, 3.63) is 34.9 Å². The summed E-state index contributed by atoms with van der Waals surface area (Å²) < 4.78 is 0. The zero-order valence-electron chi connectivity index (χ0n) is 10.7. The summed E-state index contributed by atoms with van der Waals surface area (Å²) >= 11 is 7.51. The fourth-order valence-electron chi connectivity index (χ4n) is 1.53. The van der Waals surface area contributed by atoms with Crippen LogP contribution in [0.5, 0.6) is 0 Å². The van der Waals surface area contributed by atoms with Crippen LogP contribution in [0.4, 0.5) is 0 Å². The highest BCUT2D eigenvalue weighted by molar-refractivity contribution is 7.98. The molecular weight excluding hydrogens is 268 g/mol. The predicted molar refractivity (Wildman–Crippen MR) is 79.0 cm³/mol. The molecule has 0 aliphatic heterocycles. The van der Waals surface area contributed by atoms with Gasteiger partial charge in [0, 0.05) is 5.02 Å². The van der Waals surface area contributed by atoms with E-state index in [4.69, 9.17) is 17.3 Å². The first-order valence-electron chi connectivity index (χ1n) is 5.85. The Labute approximate surface area is 117 Å². The van der Waals surface area contributed by atoms with Crippen LogP contribution in [0.15, 0.2) is 24.3 Å². The van der Waals surface area contributed by atoms with Crippen molar-refractivity contribution in [1.29, 1.82) is 0 Å². The normalized spacial score (nSPS) is 14.0. The Kier molecular flexibility index (Phi) is 6.54. The molecule has 0 aliphatic rings. The highest BCUT2D eigenvalue weighted by Gasteiger charge is 2.15. The molecule has 18 heavy (non-hydrogen) atoms. The van der Waals surface area contributed by atoms with Crippen LogP contribution < -0.4 is 11.1 Å². The summed E-state index contributed by atoms with van der Waals surface area (Å²) in [5, 5.41) is 3.60. The fraction of sp³-hybridized carbons (Fsp3) is 0.462. The van der Waals surface area contributed by atoms with Gasteiger partial charge in [-0.25, -0.2) is 0 Å². The first-order valence-corrected chi connectivity index (χ1v) is 7.62. The van der Waals surface area contributed by atoms with Gasteiger partial charge in [0.25, 0.3) is 0 Å². The second-order valence-corrected chi connectivity index (χ2v) is 5.59. The van der Waals surface area contributed by atoms with E-state index in [2.05, 4.69) is 5.32 Å². The number of carbonyl (C=O) groups is 1. The number of nitrogens with two attached hydrogens (primary N) is 1. The topological polar surface area (TPSA) is 55.1 Å². The number of nitrogens with one attached hydrogen (secondary N) is 1. The number of carbonyl (C=O) groups excluding carboxylic acids is 1. The van der Waals surface area contributed by atoms with E-state index in [0.29, 0.717) is 11.4 Å². The van der Waals surface area contributed by atoms with E-state index in [1.54, 1.807) is 11.8 Å². The van der Waals surface area contributed by atoms with E-state index in [1.165, 1.54) is 0 Å². The molecule has 0 fully saturated rings. The van der Waals surface area contributed by atoms with Gasteiger partial charge in [-0.05, 0) is 43.0 Å². The van der Waals surface area contributed by atoms with Gasteiger partial charge in [0.1, 0.15) is 0 Å². The van der Waals surface area contributed by atoms with Gasteiger partial charge in [-0.2, -0.15) is 11.8 Å². The molecule has 1 rings (SSSR count). The number of hydrogen-bond acceptors (Lipinski definition) is 3. The Bertz CT molecular complexity index is 383. The quantitative estimate of drug-likeness (QED) is 0.845. The van der Waals surface area contributed by atoms with Crippen molar-refractivity contribution >= 4 is 29.3 Å². The molecule has 3 N–H and O–H groups in total. The van der Waals surface area contributed by atoms with Crippen molar-refractivity contribution in [2.24, 2.45) is 5.73 Å². The maximum Gasteiger partial charge on any atom is 0.237 e. The second-order valence-electron chi connectivity index (χ2n) is 4.17. The molecule has 5 heteroatoms.